The molecule has 94 valence electrons. The topological polar surface area (TPSA) is 79.5 Å². The molecule has 1 atom stereocenters. The summed E-state index contributed by atoms with van der Waals surface area (Å²) >= 11 is 1.55. The Kier molecular flexibility index (Phi) is 5.62. The number of hydrogen-bond acceptors (Lipinski definition) is 4. The highest BCUT2D eigenvalue weighted by molar-refractivity contribution is 7.98. The van der Waals surface area contributed by atoms with Gasteiger partial charge in [0.25, 0.3) is 0 Å². The summed E-state index contributed by atoms with van der Waals surface area (Å²) in [5, 5.41) is 11.4. The molecule has 1 heterocycles. The molecule has 0 aliphatic rings. The standard InChI is InChI=1S/C11H15NO4S/c1-17-6-4-9(11(14)15)12-10(13)7-8-3-2-5-16-8/h2-3,5,9H,4,6-7H2,1H3,(H,12,13)(H,14,15). The Balaban J connectivity index is 2.43. The molecule has 0 bridgehead atoms. The minimum atomic E-state index is -1.01. The largest absolute Gasteiger partial charge is 0.480 e. The first-order valence-electron chi connectivity index (χ1n) is 5.17. The van der Waals surface area contributed by atoms with Crippen LogP contribution in [0.3, 0.4) is 0 Å². The van der Waals surface area contributed by atoms with Crippen LogP contribution in [0.5, 0.6) is 0 Å². The Labute approximate surface area is 104 Å². The van der Waals surface area contributed by atoms with Gasteiger partial charge >= 0.3 is 5.97 Å². The van der Waals surface area contributed by atoms with Crippen molar-refractivity contribution in [3.05, 3.63) is 24.2 Å². The Morgan fingerprint density at radius 3 is 2.88 bits per heavy atom. The highest BCUT2D eigenvalue weighted by Crippen LogP contribution is 2.04. The van der Waals surface area contributed by atoms with Crippen LogP contribution in [-0.2, 0) is 16.0 Å². The van der Waals surface area contributed by atoms with E-state index < -0.39 is 12.0 Å². The van der Waals surface area contributed by atoms with Crippen molar-refractivity contribution in [3.63, 3.8) is 0 Å². The zero-order valence-electron chi connectivity index (χ0n) is 9.51. The van der Waals surface area contributed by atoms with Crippen LogP contribution in [0.15, 0.2) is 22.8 Å². The average Bonchev–Trinajstić information content (AvgIpc) is 2.76. The molecule has 6 heteroatoms. The molecule has 0 saturated carbocycles. The van der Waals surface area contributed by atoms with Crippen LogP contribution in [0.2, 0.25) is 0 Å². The molecule has 0 spiro atoms. The van der Waals surface area contributed by atoms with E-state index in [1.807, 2.05) is 6.26 Å². The monoisotopic (exact) mass is 257 g/mol. The first-order valence-corrected chi connectivity index (χ1v) is 6.56. The maximum Gasteiger partial charge on any atom is 0.326 e. The molecule has 2 N–H and O–H groups in total. The van der Waals surface area contributed by atoms with Crippen molar-refractivity contribution in [3.8, 4) is 0 Å². The Bertz CT molecular complexity index is 364. The van der Waals surface area contributed by atoms with E-state index in [1.54, 1.807) is 23.9 Å². The number of nitrogens with one attached hydrogen (secondary N) is 1. The van der Waals surface area contributed by atoms with E-state index in [2.05, 4.69) is 5.32 Å². The lowest BCUT2D eigenvalue weighted by Crippen LogP contribution is -2.41. The number of thioether (sulfide) groups is 1. The van der Waals surface area contributed by atoms with Crippen LogP contribution in [0.4, 0.5) is 0 Å². The van der Waals surface area contributed by atoms with E-state index in [4.69, 9.17) is 9.52 Å². The summed E-state index contributed by atoms with van der Waals surface area (Å²) < 4.78 is 5.01. The van der Waals surface area contributed by atoms with Gasteiger partial charge in [-0.15, -0.1) is 0 Å². The van der Waals surface area contributed by atoms with Crippen LogP contribution < -0.4 is 5.32 Å². The molecule has 0 saturated heterocycles. The van der Waals surface area contributed by atoms with Crippen LogP contribution in [0, 0.1) is 0 Å². The summed E-state index contributed by atoms with van der Waals surface area (Å²) in [6.07, 6.45) is 3.85. The molecule has 1 aromatic heterocycles. The number of hydrogen-bond donors (Lipinski definition) is 2. The highest BCUT2D eigenvalue weighted by Gasteiger charge is 2.19. The Morgan fingerprint density at radius 1 is 1.59 bits per heavy atom. The number of furan rings is 1. The normalized spacial score (nSPS) is 12.1. The van der Waals surface area contributed by atoms with Crippen molar-refractivity contribution >= 4 is 23.6 Å². The Morgan fingerprint density at radius 2 is 2.35 bits per heavy atom. The van der Waals surface area contributed by atoms with Crippen LogP contribution in [-0.4, -0.2) is 35.0 Å². The smallest absolute Gasteiger partial charge is 0.326 e. The molecule has 0 aliphatic carbocycles. The third-order valence-corrected chi connectivity index (χ3v) is 2.80. The fourth-order valence-electron chi connectivity index (χ4n) is 1.31. The number of amides is 1. The molecule has 0 fully saturated rings. The zero-order valence-corrected chi connectivity index (χ0v) is 10.3. The zero-order chi connectivity index (χ0) is 12.7. The van der Waals surface area contributed by atoms with Gasteiger partial charge in [-0.1, -0.05) is 0 Å². The van der Waals surface area contributed by atoms with Gasteiger partial charge in [-0.25, -0.2) is 4.79 Å². The number of carbonyl (C=O) groups excluding carboxylic acids is 1. The second kappa shape index (κ2) is 7.01. The summed E-state index contributed by atoms with van der Waals surface area (Å²) in [6, 6.07) is 2.53. The van der Waals surface area contributed by atoms with Gasteiger partial charge in [-0.3, -0.25) is 4.79 Å². The van der Waals surface area contributed by atoms with E-state index in [9.17, 15) is 9.59 Å². The number of carboxylic acid groups (broad SMARTS) is 1. The number of carbonyl (C=O) groups is 2. The Hall–Kier alpha value is -1.43. The van der Waals surface area contributed by atoms with Crippen molar-refractivity contribution in [1.29, 1.82) is 0 Å². The molecular formula is C11H15NO4S. The summed E-state index contributed by atoms with van der Waals surface area (Å²) in [7, 11) is 0. The van der Waals surface area contributed by atoms with Crippen LogP contribution in [0.1, 0.15) is 12.2 Å². The van der Waals surface area contributed by atoms with Gasteiger partial charge in [-0.05, 0) is 30.6 Å². The van der Waals surface area contributed by atoms with Gasteiger partial charge in [0.15, 0.2) is 0 Å². The van der Waals surface area contributed by atoms with Crippen molar-refractivity contribution in [2.45, 2.75) is 18.9 Å². The van der Waals surface area contributed by atoms with E-state index >= 15 is 0 Å². The maximum absolute atomic E-state index is 11.5. The van der Waals surface area contributed by atoms with Gasteiger partial charge in [0.05, 0.1) is 12.7 Å². The van der Waals surface area contributed by atoms with Crippen LogP contribution in [0.25, 0.3) is 0 Å². The van der Waals surface area contributed by atoms with Crippen molar-refractivity contribution in [1.82, 2.24) is 5.32 Å². The minimum Gasteiger partial charge on any atom is -0.480 e. The minimum absolute atomic E-state index is 0.0655. The second-order valence-electron chi connectivity index (χ2n) is 3.50. The molecule has 0 radical (unpaired) electrons. The molecule has 1 rings (SSSR count). The second-order valence-corrected chi connectivity index (χ2v) is 4.48. The predicted molar refractivity (Wildman–Crippen MR) is 65.0 cm³/mol. The first kappa shape index (κ1) is 13.6. The van der Waals surface area contributed by atoms with Crippen molar-refractivity contribution in [2.75, 3.05) is 12.0 Å². The lowest BCUT2D eigenvalue weighted by atomic mass is 10.2. The molecular weight excluding hydrogens is 242 g/mol. The summed E-state index contributed by atoms with van der Waals surface area (Å²) in [5.41, 5.74) is 0. The van der Waals surface area contributed by atoms with E-state index in [1.165, 1.54) is 6.26 Å². The third-order valence-electron chi connectivity index (χ3n) is 2.16. The van der Waals surface area contributed by atoms with Crippen molar-refractivity contribution in [2.24, 2.45) is 0 Å². The van der Waals surface area contributed by atoms with Gasteiger partial charge in [-0.2, -0.15) is 11.8 Å². The quantitative estimate of drug-likeness (QED) is 0.766. The molecule has 1 amide bonds. The van der Waals surface area contributed by atoms with E-state index in [0.29, 0.717) is 17.9 Å². The summed E-state index contributed by atoms with van der Waals surface area (Å²) in [4.78, 5) is 22.4. The van der Waals surface area contributed by atoms with Gasteiger partial charge in [0, 0.05) is 0 Å². The van der Waals surface area contributed by atoms with Gasteiger partial charge in [0.2, 0.25) is 5.91 Å². The van der Waals surface area contributed by atoms with E-state index in [0.717, 1.165) is 0 Å². The van der Waals surface area contributed by atoms with Gasteiger partial charge in [0.1, 0.15) is 11.8 Å². The first-order chi connectivity index (χ1) is 8.13. The third kappa shape index (κ3) is 4.95. The molecule has 0 aromatic carbocycles. The van der Waals surface area contributed by atoms with Crippen LogP contribution >= 0.6 is 11.8 Å². The van der Waals surface area contributed by atoms with Crippen molar-refractivity contribution < 1.29 is 19.1 Å². The summed E-state index contributed by atoms with van der Waals surface area (Å²) in [6.45, 7) is 0. The lowest BCUT2D eigenvalue weighted by molar-refractivity contribution is -0.141. The molecule has 0 aliphatic heterocycles. The SMILES string of the molecule is CSCCC(NC(=O)Cc1ccco1)C(=O)O. The maximum atomic E-state index is 11.5. The molecule has 1 unspecified atom stereocenters. The number of aliphatic carboxylic acids is 1. The predicted octanol–water partition coefficient (Wildman–Crippen LogP) is 1.14. The van der Waals surface area contributed by atoms with E-state index in [-0.39, 0.29) is 12.3 Å². The number of carboxylic acids is 1. The fourth-order valence-corrected chi connectivity index (χ4v) is 1.78. The molecule has 17 heavy (non-hydrogen) atoms. The number of rotatable bonds is 7. The van der Waals surface area contributed by atoms with Gasteiger partial charge < -0.3 is 14.8 Å². The average molecular weight is 257 g/mol. The molecule has 1 aromatic rings. The highest BCUT2D eigenvalue weighted by atomic mass is 32.2. The molecule has 5 nitrogen and oxygen atoms in total. The lowest BCUT2D eigenvalue weighted by Gasteiger charge is -2.13. The fraction of sp³-hybridized carbons (Fsp3) is 0.455. The summed E-state index contributed by atoms with van der Waals surface area (Å²) in [5.74, 6) is -0.130.